The number of rotatable bonds is 7. The van der Waals surface area contributed by atoms with Gasteiger partial charge in [-0.15, -0.1) is 11.3 Å². The first-order chi connectivity index (χ1) is 16.5. The third kappa shape index (κ3) is 5.24. The summed E-state index contributed by atoms with van der Waals surface area (Å²) >= 11 is 7.49. The molecule has 1 aliphatic rings. The highest BCUT2D eigenvalue weighted by molar-refractivity contribution is 7.12. The number of anilines is 1. The van der Waals surface area contributed by atoms with E-state index in [0.717, 1.165) is 0 Å². The van der Waals surface area contributed by atoms with Gasteiger partial charge in [0, 0.05) is 17.8 Å². The van der Waals surface area contributed by atoms with Crippen LogP contribution in [0.2, 0.25) is 5.02 Å². The molecule has 0 spiro atoms. The molecule has 1 N–H and O–H groups in total. The molecule has 176 valence electrons. The maximum Gasteiger partial charge on any atom is 0.329 e. The highest BCUT2D eigenvalue weighted by Crippen LogP contribution is 2.29. The van der Waals surface area contributed by atoms with Gasteiger partial charge in [0.1, 0.15) is 11.8 Å². The maximum absolute atomic E-state index is 13.2. The Labute approximate surface area is 206 Å². The van der Waals surface area contributed by atoms with Crippen LogP contribution in [0.3, 0.4) is 0 Å². The van der Waals surface area contributed by atoms with Crippen LogP contribution >= 0.6 is 22.9 Å². The van der Waals surface area contributed by atoms with Crippen LogP contribution in [0, 0.1) is 0 Å². The van der Waals surface area contributed by atoms with Crippen molar-refractivity contribution < 1.29 is 23.9 Å². The van der Waals surface area contributed by atoms with Crippen molar-refractivity contribution in [3.05, 3.63) is 81.5 Å². The Kier molecular flexibility index (Phi) is 7.49. The first kappa shape index (κ1) is 23.8. The fourth-order valence-corrected chi connectivity index (χ4v) is 4.78. The Balaban J connectivity index is 1.53. The van der Waals surface area contributed by atoms with Gasteiger partial charge in [-0.1, -0.05) is 48.0 Å². The summed E-state index contributed by atoms with van der Waals surface area (Å²) in [7, 11) is 1.50. The molecule has 2 aromatic carbocycles. The fourth-order valence-electron chi connectivity index (χ4n) is 3.84. The van der Waals surface area contributed by atoms with Gasteiger partial charge in [-0.2, -0.15) is 0 Å². The van der Waals surface area contributed by atoms with Crippen LogP contribution < -0.4 is 10.1 Å². The van der Waals surface area contributed by atoms with E-state index < -0.39 is 24.0 Å². The zero-order valence-electron chi connectivity index (χ0n) is 18.4. The van der Waals surface area contributed by atoms with Crippen molar-refractivity contribution >= 4 is 46.4 Å². The Hall–Kier alpha value is -3.36. The van der Waals surface area contributed by atoms with E-state index >= 15 is 0 Å². The summed E-state index contributed by atoms with van der Waals surface area (Å²) < 4.78 is 10.9. The number of esters is 1. The summed E-state index contributed by atoms with van der Waals surface area (Å²) in [6.45, 7) is 0.461. The minimum absolute atomic E-state index is 0.206. The smallest absolute Gasteiger partial charge is 0.329 e. The van der Waals surface area contributed by atoms with Crippen LogP contribution in [0.1, 0.15) is 34.2 Å². The van der Waals surface area contributed by atoms with Gasteiger partial charge in [-0.25, -0.2) is 4.79 Å². The van der Waals surface area contributed by atoms with Crippen LogP contribution in [0.25, 0.3) is 0 Å². The number of carbonyl (C=O) groups is 3. The fraction of sp³-hybridized carbons (Fsp3) is 0.240. The molecule has 4 rings (SSSR count). The topological polar surface area (TPSA) is 84.9 Å². The van der Waals surface area contributed by atoms with Crippen molar-refractivity contribution in [1.82, 2.24) is 4.90 Å². The molecule has 2 unspecified atom stereocenters. The van der Waals surface area contributed by atoms with Crippen molar-refractivity contribution in [3.8, 4) is 5.75 Å². The lowest BCUT2D eigenvalue weighted by Gasteiger charge is -2.25. The zero-order chi connectivity index (χ0) is 24.1. The monoisotopic (exact) mass is 498 g/mol. The molecule has 0 saturated carbocycles. The molecule has 2 atom stereocenters. The molecule has 0 bridgehead atoms. The SMILES string of the molecule is COc1ccc(NC(=O)C(OC(=O)C2CCCN2C(=O)c2cccs2)c2ccccc2)cc1Cl. The molecule has 2 amide bonds. The van der Waals surface area contributed by atoms with Crippen molar-refractivity contribution in [2.75, 3.05) is 19.0 Å². The Bertz CT molecular complexity index is 1170. The standard InChI is InChI=1S/C25H23ClN2O5S/c1-32-20-12-11-17(15-18(20)26)27-23(29)22(16-7-3-2-4-8-16)33-25(31)19-9-5-13-28(19)24(30)21-10-6-14-34-21/h2-4,6-8,10-12,14-15,19,22H,5,9,13H2,1H3,(H,27,29). The third-order valence-corrected chi connectivity index (χ3v) is 6.66. The lowest BCUT2D eigenvalue weighted by Crippen LogP contribution is -2.42. The summed E-state index contributed by atoms with van der Waals surface area (Å²) in [5.41, 5.74) is 0.949. The Morgan fingerprint density at radius 2 is 1.91 bits per heavy atom. The first-order valence-electron chi connectivity index (χ1n) is 10.7. The molecule has 1 saturated heterocycles. The van der Waals surface area contributed by atoms with Crippen LogP contribution in [-0.4, -0.2) is 42.4 Å². The molecule has 1 aromatic heterocycles. The van der Waals surface area contributed by atoms with Gasteiger partial charge in [-0.05, 0) is 42.5 Å². The van der Waals surface area contributed by atoms with E-state index in [-0.39, 0.29) is 5.91 Å². The van der Waals surface area contributed by atoms with Gasteiger partial charge < -0.3 is 19.7 Å². The number of thiophene rings is 1. The Morgan fingerprint density at radius 1 is 1.12 bits per heavy atom. The van der Waals surface area contributed by atoms with E-state index in [4.69, 9.17) is 21.1 Å². The van der Waals surface area contributed by atoms with Crippen molar-refractivity contribution in [3.63, 3.8) is 0 Å². The summed E-state index contributed by atoms with van der Waals surface area (Å²) in [6.07, 6.45) is -0.0368. The van der Waals surface area contributed by atoms with Gasteiger partial charge >= 0.3 is 5.97 Å². The predicted octanol–water partition coefficient (Wildman–Crippen LogP) is 4.94. The second-order valence-corrected chi connectivity index (χ2v) is 9.05. The number of hydrogen-bond acceptors (Lipinski definition) is 6. The van der Waals surface area contributed by atoms with Crippen LogP contribution in [-0.2, 0) is 14.3 Å². The second-order valence-electron chi connectivity index (χ2n) is 7.70. The lowest BCUT2D eigenvalue weighted by molar-refractivity contribution is -0.158. The van der Waals surface area contributed by atoms with E-state index in [1.807, 2.05) is 11.4 Å². The molecule has 1 fully saturated rings. The number of halogens is 1. The molecule has 34 heavy (non-hydrogen) atoms. The number of nitrogens with one attached hydrogen (secondary N) is 1. The number of benzene rings is 2. The summed E-state index contributed by atoms with van der Waals surface area (Å²) in [6, 6.07) is 16.4. The van der Waals surface area contributed by atoms with Gasteiger partial charge in [0.15, 0.2) is 0 Å². The molecule has 2 heterocycles. The van der Waals surface area contributed by atoms with Crippen molar-refractivity contribution in [1.29, 1.82) is 0 Å². The zero-order valence-corrected chi connectivity index (χ0v) is 20.0. The highest BCUT2D eigenvalue weighted by atomic mass is 35.5. The molecular formula is C25H23ClN2O5S. The predicted molar refractivity (Wildman–Crippen MR) is 130 cm³/mol. The summed E-state index contributed by atoms with van der Waals surface area (Å²) in [4.78, 5) is 41.3. The summed E-state index contributed by atoms with van der Waals surface area (Å²) in [5.74, 6) is -0.875. The van der Waals surface area contributed by atoms with Crippen molar-refractivity contribution in [2.45, 2.75) is 25.0 Å². The number of nitrogens with zero attached hydrogens (tertiary/aromatic N) is 1. The van der Waals surface area contributed by atoms with Gasteiger partial charge in [-0.3, -0.25) is 9.59 Å². The van der Waals surface area contributed by atoms with Crippen molar-refractivity contribution in [2.24, 2.45) is 0 Å². The van der Waals surface area contributed by atoms with E-state index in [2.05, 4.69) is 5.32 Å². The number of likely N-dealkylation sites (tertiary alicyclic amines) is 1. The first-order valence-corrected chi connectivity index (χ1v) is 12.0. The van der Waals surface area contributed by atoms with E-state index in [0.29, 0.717) is 46.3 Å². The van der Waals surface area contributed by atoms with Gasteiger partial charge in [0.2, 0.25) is 6.10 Å². The molecule has 0 radical (unpaired) electrons. The van der Waals surface area contributed by atoms with E-state index in [1.54, 1.807) is 54.6 Å². The maximum atomic E-state index is 13.2. The number of ether oxygens (including phenoxy) is 2. The largest absolute Gasteiger partial charge is 0.495 e. The Morgan fingerprint density at radius 3 is 2.59 bits per heavy atom. The molecular weight excluding hydrogens is 476 g/mol. The number of carbonyl (C=O) groups excluding carboxylic acids is 3. The second kappa shape index (κ2) is 10.7. The quantitative estimate of drug-likeness (QED) is 0.466. The lowest BCUT2D eigenvalue weighted by atomic mass is 10.1. The summed E-state index contributed by atoms with van der Waals surface area (Å²) in [5, 5.41) is 4.90. The minimum atomic E-state index is -1.20. The number of hydrogen-bond donors (Lipinski definition) is 1. The molecule has 9 heteroatoms. The van der Waals surface area contributed by atoms with E-state index in [1.165, 1.54) is 23.3 Å². The highest BCUT2D eigenvalue weighted by Gasteiger charge is 2.38. The number of amides is 2. The van der Waals surface area contributed by atoms with Crippen LogP contribution in [0.4, 0.5) is 5.69 Å². The molecule has 7 nitrogen and oxygen atoms in total. The molecule has 3 aromatic rings. The van der Waals surface area contributed by atoms with Crippen LogP contribution in [0.5, 0.6) is 5.75 Å². The molecule has 0 aliphatic carbocycles. The minimum Gasteiger partial charge on any atom is -0.495 e. The normalized spacial score (nSPS) is 16.1. The van der Waals surface area contributed by atoms with Gasteiger partial charge in [0.25, 0.3) is 11.8 Å². The average Bonchev–Trinajstić information content (AvgIpc) is 3.55. The number of methoxy groups -OCH3 is 1. The third-order valence-electron chi connectivity index (χ3n) is 5.51. The van der Waals surface area contributed by atoms with Crippen LogP contribution in [0.15, 0.2) is 66.0 Å². The average molecular weight is 499 g/mol. The van der Waals surface area contributed by atoms with E-state index in [9.17, 15) is 14.4 Å². The van der Waals surface area contributed by atoms with Gasteiger partial charge in [0.05, 0.1) is 17.0 Å². The molecule has 1 aliphatic heterocycles.